The molecule has 3 atom stereocenters. The second-order valence-corrected chi connectivity index (χ2v) is 25.2. The van der Waals surface area contributed by atoms with Crippen molar-refractivity contribution in [3.8, 4) is 0 Å². The minimum Gasteiger partial charge on any atom is 0 e. The second kappa shape index (κ2) is 31.7. The topological polar surface area (TPSA) is 304 Å². The Morgan fingerprint density at radius 3 is 1.11 bits per heavy atom. The second-order valence-electron chi connectivity index (χ2n) is 13.4. The molecule has 0 aromatic carbocycles. The summed E-state index contributed by atoms with van der Waals surface area (Å²) < 4.78 is 18.0. The maximum absolute atomic E-state index is 11.0. The molecule has 4 saturated carbocycles. The molecule has 0 aromatic rings. The fraction of sp³-hybridized carbons (Fsp3) is 0.848. The summed E-state index contributed by atoms with van der Waals surface area (Å²) in [5, 5.41) is 48.5. The number of hydrogen-bond acceptors (Lipinski definition) is 17. The van der Waals surface area contributed by atoms with Crippen LogP contribution in [0.3, 0.4) is 0 Å². The molecule has 1 radical (unpaired) electrons. The summed E-state index contributed by atoms with van der Waals surface area (Å²) in [4.78, 5) is 66.8. The van der Waals surface area contributed by atoms with Gasteiger partial charge in [-0.05, 0) is 46.5 Å². The molecular weight excluding hydrogens is 1170 g/mol. The van der Waals surface area contributed by atoms with Gasteiger partial charge in [-0.1, -0.05) is 14.9 Å². The van der Waals surface area contributed by atoms with Gasteiger partial charge in [0.05, 0.1) is 64.3 Å². The van der Waals surface area contributed by atoms with Gasteiger partial charge in [-0.25, -0.2) is 0 Å². The van der Waals surface area contributed by atoms with E-state index in [0.29, 0.717) is 48.0 Å². The minimum atomic E-state index is -1.35. The molecule has 0 aromatic heterocycles. The van der Waals surface area contributed by atoms with Gasteiger partial charge in [0.15, 0.2) is 0 Å². The van der Waals surface area contributed by atoms with Gasteiger partial charge in [-0.15, -0.1) is 0 Å². The summed E-state index contributed by atoms with van der Waals surface area (Å²) in [5.41, 5.74) is 9.05. The largest absolute Gasteiger partial charge is 0 e. The first-order valence-corrected chi connectivity index (χ1v) is 26.9. The molecule has 4 rings (SSSR count). The monoisotopic (exact) mass is 1240 g/mol. The molecule has 0 bridgehead atoms. The van der Waals surface area contributed by atoms with Crippen LogP contribution in [0.15, 0.2) is 0 Å². The molecule has 4 aliphatic carbocycles. The van der Waals surface area contributed by atoms with Crippen molar-refractivity contribution in [3.63, 3.8) is 0 Å². The van der Waals surface area contributed by atoms with Crippen LogP contribution in [-0.2, 0) is 66.1 Å². The number of aliphatic hydroxyl groups is 3. The third kappa shape index (κ3) is 20.1. The van der Waals surface area contributed by atoms with Crippen LogP contribution in [-0.4, -0.2) is 118 Å². The average molecular weight is 1240 g/mol. The number of rotatable bonds is 9. The Morgan fingerprint density at radius 1 is 0.667 bits per heavy atom. The molecule has 3 unspecified atom stereocenters. The summed E-state index contributed by atoms with van der Waals surface area (Å²) in [7, 11) is 5.89. The number of halogens is 3. The van der Waals surface area contributed by atoms with Gasteiger partial charge in [-0.3, -0.25) is 44.3 Å². The molecule has 0 saturated heterocycles. The third-order valence-corrected chi connectivity index (χ3v) is 10.1. The predicted molar refractivity (Wildman–Crippen MR) is 229 cm³/mol. The molecule has 19 nitrogen and oxygen atoms in total. The van der Waals surface area contributed by atoms with Crippen LogP contribution < -0.4 is 11.5 Å². The van der Waals surface area contributed by atoms with Gasteiger partial charge in [0.25, 0.3) is 0 Å². The van der Waals surface area contributed by atoms with E-state index >= 15 is 0 Å². The van der Waals surface area contributed by atoms with Gasteiger partial charge in [-0.2, -0.15) is 0 Å². The number of hydrogen-bond donors (Lipinski definition) is 5. The number of nitrogens with two attached hydrogens (primary N) is 2. The number of aliphatic hydroxyl groups excluding tert-OH is 3. The van der Waals surface area contributed by atoms with Crippen LogP contribution >= 0.6 is 62.5 Å². The molecule has 4 aliphatic rings. The first-order valence-electron chi connectivity index (χ1n) is 16.4. The summed E-state index contributed by atoms with van der Waals surface area (Å²) in [6.07, 6.45) is 0.729. The van der Waals surface area contributed by atoms with Gasteiger partial charge in [0, 0.05) is 65.2 Å². The molecule has 0 heterocycles. The van der Waals surface area contributed by atoms with E-state index in [1.54, 1.807) is 13.8 Å². The number of methoxy groups -OCH3 is 4. The molecule has 4 fully saturated rings. The number of nitro groups is 2. The number of esters is 4. The number of carbonyl (C=O) groups excluding carboxylic acids is 4. The smallest absolute Gasteiger partial charge is 0 e. The first kappa shape index (κ1) is 65.9. The molecule has 57 heavy (non-hydrogen) atoms. The number of nitrogens with zero attached hydrogens (tertiary/aromatic N) is 2. The predicted octanol–water partition coefficient (Wildman–Crippen LogP) is 3.73. The van der Waals surface area contributed by atoms with E-state index in [2.05, 4.69) is 63.8 Å². The SMILES string of the molecule is C.C.COC(=O)C1CC(C(C)O)([N+](=O)[O-])C1.COC(=O)C1CC(N)(C(C)O)C1.COC(=O)C1CC(N)(C(C)O)C1.COC(=O)C1CC([N+](=O)[O-])C1.[CH2-]I.[I][V][I].[V]. The summed E-state index contributed by atoms with van der Waals surface area (Å²) in [6, 6.07) is -0.529. The van der Waals surface area contributed by atoms with Crippen LogP contribution in [0, 0.1) is 48.8 Å². The number of carbonyl (C=O) groups is 4. The van der Waals surface area contributed by atoms with Gasteiger partial charge in [0.2, 0.25) is 11.6 Å². The van der Waals surface area contributed by atoms with Crippen LogP contribution in [0.4, 0.5) is 0 Å². The first-order chi connectivity index (χ1) is 25.0. The molecule has 0 amide bonds. The van der Waals surface area contributed by atoms with Crippen molar-refractivity contribution in [2.24, 2.45) is 35.1 Å². The Kier molecular flexibility index (Phi) is 36.6. The van der Waals surface area contributed by atoms with Crippen molar-refractivity contribution >= 4 is 86.4 Å². The van der Waals surface area contributed by atoms with E-state index in [1.807, 2.05) is 22.6 Å². The Morgan fingerprint density at radius 2 is 0.912 bits per heavy atom. The van der Waals surface area contributed by atoms with Crippen molar-refractivity contribution in [3.05, 3.63) is 25.2 Å². The van der Waals surface area contributed by atoms with Crippen LogP contribution in [0.1, 0.15) is 87.0 Å². The molecule has 336 valence electrons. The fourth-order valence-corrected chi connectivity index (χ4v) is 5.95. The summed E-state index contributed by atoms with van der Waals surface area (Å²) >= 11 is 6.64. The van der Waals surface area contributed by atoms with Gasteiger partial charge < -0.3 is 68.3 Å². The molecule has 7 N–H and O–H groups in total. The Labute approximate surface area is 390 Å². The fourth-order valence-electron chi connectivity index (χ4n) is 5.95. The van der Waals surface area contributed by atoms with E-state index in [-0.39, 0.29) is 86.8 Å². The maximum atomic E-state index is 11.0. The zero-order valence-corrected chi connectivity index (χ0v) is 41.1. The van der Waals surface area contributed by atoms with Crippen LogP contribution in [0.25, 0.3) is 0 Å². The molecule has 0 spiro atoms. The quantitative estimate of drug-likeness (QED) is 0.0549. The summed E-state index contributed by atoms with van der Waals surface area (Å²) in [6.45, 7) is 4.66. The Balaban J connectivity index is -0.000000200. The van der Waals surface area contributed by atoms with Gasteiger partial charge in [0.1, 0.15) is 6.10 Å². The molecular formula is C33H62I3N4O15V2-. The van der Waals surface area contributed by atoms with Crippen molar-refractivity contribution in [2.75, 3.05) is 28.4 Å². The average Bonchev–Trinajstić information content (AvgIpc) is 3.04. The summed E-state index contributed by atoms with van der Waals surface area (Å²) in [5.74, 6) is -2.14. The number of ether oxygens (including phenoxy) is 4. The van der Waals surface area contributed by atoms with E-state index in [4.69, 9.17) is 11.5 Å². The maximum Gasteiger partial charge on any atom is 0 e. The van der Waals surface area contributed by atoms with E-state index in [9.17, 15) is 54.7 Å². The zero-order chi connectivity index (χ0) is 42.8. The minimum absolute atomic E-state index is 0. The van der Waals surface area contributed by atoms with Crippen molar-refractivity contribution in [1.82, 2.24) is 0 Å². The van der Waals surface area contributed by atoms with Crippen LogP contribution in [0.5, 0.6) is 0 Å². The van der Waals surface area contributed by atoms with E-state index in [1.165, 1.54) is 35.4 Å². The molecule has 0 aliphatic heterocycles. The third-order valence-electron chi connectivity index (χ3n) is 10.1. The standard InChI is InChI=1S/C8H13NO5.2C8H15NO3.C6H9NO4.CH2I.2CH4.2HI.2V/c1-5(10)8(9(12)13)3-6(4-8)7(11)14-2;2*1-5(10)8(9)3-6(4-8)7(11)12-2;1-11-6(8)4-2-5(3-4)7(9)10;1-2;;;;;;/h5-6,10H,3-4H2,1-2H3;2*5-6,10H,3-4,9H2,1-2H3;4-5H,2-3H2,1H3;1H2;2*1H4;2*1H;;/q;;;;-1;;;;;;+2/p-2. The Hall–Kier alpha value is -0.161. The molecule has 24 heteroatoms. The van der Waals surface area contributed by atoms with Crippen molar-refractivity contribution < 1.29 is 91.3 Å². The van der Waals surface area contributed by atoms with Crippen molar-refractivity contribution in [1.29, 1.82) is 0 Å². The van der Waals surface area contributed by atoms with E-state index in [0.717, 1.165) is 0 Å². The zero-order valence-electron chi connectivity index (χ0n) is 31.8. The van der Waals surface area contributed by atoms with E-state index < -0.39 is 57.8 Å². The van der Waals surface area contributed by atoms with Crippen LogP contribution in [0.2, 0.25) is 0 Å². The van der Waals surface area contributed by atoms with Crippen molar-refractivity contribution in [2.45, 2.75) is 128 Å². The van der Waals surface area contributed by atoms with Gasteiger partial charge >= 0.3 is 73.3 Å². The Bertz CT molecular complexity index is 1180. The normalized spacial score (nSPS) is 29.5.